The van der Waals surface area contributed by atoms with Crippen LogP contribution in [0.3, 0.4) is 0 Å². The van der Waals surface area contributed by atoms with Crippen LogP contribution in [0.25, 0.3) is 0 Å². The van der Waals surface area contributed by atoms with Gasteiger partial charge < -0.3 is 14.4 Å². The Hall–Kier alpha value is -1.39. The number of nitrogens with zero attached hydrogens (tertiary/aromatic N) is 1. The molecule has 4 nitrogen and oxygen atoms in total. The summed E-state index contributed by atoms with van der Waals surface area (Å²) in [6.07, 6.45) is 0.835. The van der Waals surface area contributed by atoms with E-state index in [-0.39, 0.29) is 5.78 Å². The van der Waals surface area contributed by atoms with Gasteiger partial charge in [-0.15, -0.1) is 0 Å². The first-order valence-electron chi connectivity index (χ1n) is 7.26. The van der Waals surface area contributed by atoms with Gasteiger partial charge in [0.05, 0.1) is 19.8 Å². The molecule has 4 heteroatoms. The lowest BCUT2D eigenvalue weighted by Gasteiger charge is -2.31. The number of hydrogen-bond donors (Lipinski definition) is 0. The molecule has 0 aromatic heterocycles. The highest BCUT2D eigenvalue weighted by Crippen LogP contribution is 2.24. The van der Waals surface area contributed by atoms with Gasteiger partial charge in [0.1, 0.15) is 0 Å². The summed E-state index contributed by atoms with van der Waals surface area (Å²) in [5.41, 5.74) is 3.17. The van der Waals surface area contributed by atoms with Crippen molar-refractivity contribution < 1.29 is 14.3 Å². The van der Waals surface area contributed by atoms with E-state index in [2.05, 4.69) is 11.0 Å². The molecule has 0 radical (unpaired) electrons. The van der Waals surface area contributed by atoms with E-state index in [9.17, 15) is 4.79 Å². The third-order valence-electron chi connectivity index (χ3n) is 3.56. The molecule has 1 aliphatic rings. The summed E-state index contributed by atoms with van der Waals surface area (Å²) in [7, 11) is 0. The number of carbonyl (C=O) groups is 1. The van der Waals surface area contributed by atoms with E-state index < -0.39 is 0 Å². The Morgan fingerprint density at radius 3 is 2.75 bits per heavy atom. The standard InChI is InChI=1S/C16H23NO3/c1-3-19-9-6-15-12-14(13(2)18)4-5-16(15)17-7-10-20-11-8-17/h4-5,12H,3,6-11H2,1-2H3. The fraction of sp³-hybridized carbons (Fsp3) is 0.562. The molecule has 0 saturated carbocycles. The molecule has 1 saturated heterocycles. The van der Waals surface area contributed by atoms with Crippen molar-refractivity contribution in [3.05, 3.63) is 29.3 Å². The second kappa shape index (κ2) is 7.41. The number of ketones is 1. The van der Waals surface area contributed by atoms with Crippen LogP contribution in [0, 0.1) is 0 Å². The van der Waals surface area contributed by atoms with Crippen LogP contribution in [-0.4, -0.2) is 45.3 Å². The molecule has 1 heterocycles. The average molecular weight is 277 g/mol. The molecule has 0 unspecified atom stereocenters. The first-order valence-corrected chi connectivity index (χ1v) is 7.26. The van der Waals surface area contributed by atoms with Crippen molar-refractivity contribution in [1.29, 1.82) is 0 Å². The normalized spacial score (nSPS) is 15.4. The summed E-state index contributed by atoms with van der Waals surface area (Å²) in [5.74, 6) is 0.108. The SMILES string of the molecule is CCOCCc1cc(C(C)=O)ccc1N1CCOCC1. The predicted molar refractivity (Wildman–Crippen MR) is 79.7 cm³/mol. The highest BCUT2D eigenvalue weighted by molar-refractivity contribution is 5.94. The Morgan fingerprint density at radius 2 is 2.10 bits per heavy atom. The van der Waals surface area contributed by atoms with Gasteiger partial charge >= 0.3 is 0 Å². The van der Waals surface area contributed by atoms with Gasteiger partial charge in [0.2, 0.25) is 0 Å². The number of morpholine rings is 1. The van der Waals surface area contributed by atoms with Crippen LogP contribution in [0.5, 0.6) is 0 Å². The maximum Gasteiger partial charge on any atom is 0.159 e. The summed E-state index contributed by atoms with van der Waals surface area (Å²) in [6, 6.07) is 5.98. The zero-order valence-electron chi connectivity index (χ0n) is 12.4. The van der Waals surface area contributed by atoms with Gasteiger partial charge in [-0.2, -0.15) is 0 Å². The minimum Gasteiger partial charge on any atom is -0.381 e. The Kier molecular flexibility index (Phi) is 5.56. The zero-order chi connectivity index (χ0) is 14.4. The van der Waals surface area contributed by atoms with Gasteiger partial charge in [0.25, 0.3) is 0 Å². The van der Waals surface area contributed by atoms with Crippen molar-refractivity contribution >= 4 is 11.5 Å². The number of benzene rings is 1. The monoisotopic (exact) mass is 277 g/mol. The minimum absolute atomic E-state index is 0.108. The quantitative estimate of drug-likeness (QED) is 0.591. The van der Waals surface area contributed by atoms with Crippen molar-refractivity contribution in [3.8, 4) is 0 Å². The first-order chi connectivity index (χ1) is 9.72. The van der Waals surface area contributed by atoms with Crippen LogP contribution in [-0.2, 0) is 15.9 Å². The predicted octanol–water partition coefficient (Wildman–Crippen LogP) is 2.30. The molecule has 1 aromatic carbocycles. The molecule has 1 aromatic rings. The van der Waals surface area contributed by atoms with E-state index in [0.29, 0.717) is 6.61 Å². The molecule has 2 rings (SSSR count). The molecule has 1 aliphatic heterocycles. The first kappa shape index (κ1) is 15.0. The van der Waals surface area contributed by atoms with E-state index in [0.717, 1.165) is 44.9 Å². The van der Waals surface area contributed by atoms with Gasteiger partial charge in [-0.05, 0) is 44.0 Å². The molecule has 0 aliphatic carbocycles. The summed E-state index contributed by atoms with van der Waals surface area (Å²) in [5, 5.41) is 0. The second-order valence-corrected chi connectivity index (χ2v) is 4.95. The van der Waals surface area contributed by atoms with Gasteiger partial charge in [-0.3, -0.25) is 4.79 Å². The molecular weight excluding hydrogens is 254 g/mol. The van der Waals surface area contributed by atoms with Crippen LogP contribution in [0.15, 0.2) is 18.2 Å². The summed E-state index contributed by atoms with van der Waals surface area (Å²) in [4.78, 5) is 13.9. The third-order valence-corrected chi connectivity index (χ3v) is 3.56. The number of anilines is 1. The lowest BCUT2D eigenvalue weighted by molar-refractivity contribution is 0.101. The topological polar surface area (TPSA) is 38.8 Å². The van der Waals surface area contributed by atoms with Crippen LogP contribution >= 0.6 is 0 Å². The summed E-state index contributed by atoms with van der Waals surface area (Å²) < 4.78 is 10.9. The van der Waals surface area contributed by atoms with Gasteiger partial charge in [-0.25, -0.2) is 0 Å². The number of hydrogen-bond acceptors (Lipinski definition) is 4. The van der Waals surface area contributed by atoms with E-state index in [1.807, 2.05) is 19.1 Å². The Labute approximate surface area is 120 Å². The fourth-order valence-electron chi connectivity index (χ4n) is 2.44. The van der Waals surface area contributed by atoms with E-state index >= 15 is 0 Å². The maximum atomic E-state index is 11.6. The van der Waals surface area contributed by atoms with Gasteiger partial charge in [0.15, 0.2) is 5.78 Å². The van der Waals surface area contributed by atoms with E-state index in [4.69, 9.17) is 9.47 Å². The molecule has 1 fully saturated rings. The van der Waals surface area contributed by atoms with Crippen molar-refractivity contribution in [2.45, 2.75) is 20.3 Å². The maximum absolute atomic E-state index is 11.6. The van der Waals surface area contributed by atoms with Crippen molar-refractivity contribution in [2.75, 3.05) is 44.4 Å². The minimum atomic E-state index is 0.108. The molecule has 0 amide bonds. The summed E-state index contributed by atoms with van der Waals surface area (Å²) >= 11 is 0. The lowest BCUT2D eigenvalue weighted by atomic mass is 10.0. The van der Waals surface area contributed by atoms with Crippen LogP contribution in [0.4, 0.5) is 5.69 Å². The fourth-order valence-corrected chi connectivity index (χ4v) is 2.44. The molecule has 0 N–H and O–H groups in total. The van der Waals surface area contributed by atoms with Crippen LogP contribution < -0.4 is 4.90 Å². The molecule has 110 valence electrons. The Balaban J connectivity index is 2.21. The average Bonchev–Trinajstić information content (AvgIpc) is 2.48. The Bertz CT molecular complexity index is 453. The highest BCUT2D eigenvalue weighted by Gasteiger charge is 2.15. The largest absolute Gasteiger partial charge is 0.381 e. The Morgan fingerprint density at radius 1 is 1.35 bits per heavy atom. The molecule has 0 bridgehead atoms. The third kappa shape index (κ3) is 3.81. The van der Waals surface area contributed by atoms with E-state index in [1.54, 1.807) is 6.92 Å². The number of Topliss-reactive ketones (excluding diaryl/α,β-unsaturated/α-hetero) is 1. The van der Waals surface area contributed by atoms with E-state index in [1.165, 1.54) is 11.3 Å². The zero-order valence-corrected chi connectivity index (χ0v) is 12.4. The van der Waals surface area contributed by atoms with Crippen LogP contribution in [0.1, 0.15) is 29.8 Å². The molecule has 20 heavy (non-hydrogen) atoms. The molecular formula is C16H23NO3. The van der Waals surface area contributed by atoms with Crippen molar-refractivity contribution in [2.24, 2.45) is 0 Å². The van der Waals surface area contributed by atoms with Gasteiger partial charge in [-0.1, -0.05) is 0 Å². The van der Waals surface area contributed by atoms with Crippen LogP contribution in [0.2, 0.25) is 0 Å². The molecule has 0 spiro atoms. The summed E-state index contributed by atoms with van der Waals surface area (Å²) in [6.45, 7) is 8.35. The van der Waals surface area contributed by atoms with Crippen molar-refractivity contribution in [3.63, 3.8) is 0 Å². The van der Waals surface area contributed by atoms with Crippen molar-refractivity contribution in [1.82, 2.24) is 0 Å². The van der Waals surface area contributed by atoms with Gasteiger partial charge in [0, 0.05) is 30.9 Å². The lowest BCUT2D eigenvalue weighted by Crippen LogP contribution is -2.36. The second-order valence-electron chi connectivity index (χ2n) is 4.95. The number of rotatable bonds is 6. The number of carbonyl (C=O) groups excluding carboxylic acids is 1. The molecule has 0 atom stereocenters. The highest BCUT2D eigenvalue weighted by atomic mass is 16.5. The smallest absolute Gasteiger partial charge is 0.159 e. The number of ether oxygens (including phenoxy) is 2.